The molecule has 2 rings (SSSR count). The molecule has 0 aliphatic carbocycles. The molecule has 4 nitrogen and oxygen atoms in total. The highest BCUT2D eigenvalue weighted by Gasteiger charge is 2.43. The van der Waals surface area contributed by atoms with Crippen LogP contribution in [0.25, 0.3) is 0 Å². The van der Waals surface area contributed by atoms with Gasteiger partial charge in [0.1, 0.15) is 5.75 Å². The zero-order chi connectivity index (χ0) is 15.3. The zero-order valence-electron chi connectivity index (χ0n) is 13.1. The van der Waals surface area contributed by atoms with E-state index in [-0.39, 0.29) is 17.3 Å². The SMILES string of the molecule is CCOC(=O)C1CNCC1(C)CCc1ccc(OC)cc1. The van der Waals surface area contributed by atoms with Crippen molar-refractivity contribution in [1.29, 1.82) is 0 Å². The molecule has 0 saturated carbocycles. The van der Waals surface area contributed by atoms with Crippen LogP contribution in [0.5, 0.6) is 5.75 Å². The van der Waals surface area contributed by atoms with Crippen molar-refractivity contribution in [3.63, 3.8) is 0 Å². The van der Waals surface area contributed by atoms with Crippen molar-refractivity contribution in [1.82, 2.24) is 5.32 Å². The normalized spacial score (nSPS) is 24.8. The second kappa shape index (κ2) is 6.94. The summed E-state index contributed by atoms with van der Waals surface area (Å²) in [6.45, 7) is 6.07. The van der Waals surface area contributed by atoms with E-state index in [1.165, 1.54) is 5.56 Å². The number of rotatable bonds is 6. The van der Waals surface area contributed by atoms with Crippen molar-refractivity contribution >= 4 is 5.97 Å². The van der Waals surface area contributed by atoms with Crippen LogP contribution in [0.15, 0.2) is 24.3 Å². The van der Waals surface area contributed by atoms with E-state index < -0.39 is 0 Å². The number of ether oxygens (including phenoxy) is 2. The average Bonchev–Trinajstić information content (AvgIpc) is 2.88. The minimum atomic E-state index is -0.0697. The number of carbonyl (C=O) groups excluding carboxylic acids is 1. The Morgan fingerprint density at radius 3 is 2.71 bits per heavy atom. The molecule has 1 aromatic rings. The van der Waals surface area contributed by atoms with E-state index in [9.17, 15) is 4.79 Å². The topological polar surface area (TPSA) is 47.6 Å². The van der Waals surface area contributed by atoms with E-state index in [1.54, 1.807) is 7.11 Å². The molecular formula is C17H25NO3. The molecule has 116 valence electrons. The lowest BCUT2D eigenvalue weighted by Crippen LogP contribution is -2.34. The van der Waals surface area contributed by atoms with Gasteiger partial charge in [-0.15, -0.1) is 0 Å². The molecule has 4 heteroatoms. The summed E-state index contributed by atoms with van der Waals surface area (Å²) in [5, 5.41) is 3.34. The van der Waals surface area contributed by atoms with Crippen molar-refractivity contribution in [2.45, 2.75) is 26.7 Å². The third-order valence-electron chi connectivity index (χ3n) is 4.43. The molecule has 1 N–H and O–H groups in total. The molecule has 2 unspecified atom stereocenters. The summed E-state index contributed by atoms with van der Waals surface area (Å²) >= 11 is 0. The van der Waals surface area contributed by atoms with E-state index in [1.807, 2.05) is 19.1 Å². The molecule has 0 radical (unpaired) electrons. The molecule has 1 heterocycles. The van der Waals surface area contributed by atoms with E-state index in [4.69, 9.17) is 9.47 Å². The van der Waals surface area contributed by atoms with Crippen molar-refractivity contribution in [3.05, 3.63) is 29.8 Å². The van der Waals surface area contributed by atoms with Crippen LogP contribution >= 0.6 is 0 Å². The fourth-order valence-corrected chi connectivity index (χ4v) is 2.97. The van der Waals surface area contributed by atoms with Gasteiger partial charge in [-0.1, -0.05) is 19.1 Å². The predicted octanol–water partition coefficient (Wildman–Crippen LogP) is 2.42. The van der Waals surface area contributed by atoms with Crippen molar-refractivity contribution in [2.24, 2.45) is 11.3 Å². The van der Waals surface area contributed by atoms with Gasteiger partial charge in [-0.05, 0) is 42.9 Å². The van der Waals surface area contributed by atoms with Gasteiger partial charge >= 0.3 is 5.97 Å². The van der Waals surface area contributed by atoms with Gasteiger partial charge in [0, 0.05) is 13.1 Å². The van der Waals surface area contributed by atoms with E-state index in [2.05, 4.69) is 24.4 Å². The van der Waals surface area contributed by atoms with Crippen LogP contribution in [0.4, 0.5) is 0 Å². The first-order chi connectivity index (χ1) is 10.1. The average molecular weight is 291 g/mol. The van der Waals surface area contributed by atoms with Crippen LogP contribution in [0, 0.1) is 11.3 Å². The summed E-state index contributed by atoms with van der Waals surface area (Å²) in [6, 6.07) is 8.13. The maximum Gasteiger partial charge on any atom is 0.310 e. The Morgan fingerprint density at radius 2 is 2.10 bits per heavy atom. The predicted molar refractivity (Wildman–Crippen MR) is 82.4 cm³/mol. The minimum Gasteiger partial charge on any atom is -0.497 e. The first-order valence-electron chi connectivity index (χ1n) is 7.59. The van der Waals surface area contributed by atoms with Crippen LogP contribution in [0.3, 0.4) is 0 Å². The van der Waals surface area contributed by atoms with Crippen molar-refractivity contribution in [3.8, 4) is 5.75 Å². The molecule has 0 spiro atoms. The summed E-state index contributed by atoms with van der Waals surface area (Å²) in [5.74, 6) is 0.757. The first-order valence-corrected chi connectivity index (χ1v) is 7.59. The van der Waals surface area contributed by atoms with Gasteiger partial charge < -0.3 is 14.8 Å². The van der Waals surface area contributed by atoms with Gasteiger partial charge in [0.15, 0.2) is 0 Å². The Morgan fingerprint density at radius 1 is 1.38 bits per heavy atom. The summed E-state index contributed by atoms with van der Waals surface area (Å²) in [6.07, 6.45) is 1.92. The van der Waals surface area contributed by atoms with Gasteiger partial charge in [-0.25, -0.2) is 0 Å². The third-order valence-corrected chi connectivity index (χ3v) is 4.43. The van der Waals surface area contributed by atoms with E-state index in [0.717, 1.165) is 31.7 Å². The molecule has 21 heavy (non-hydrogen) atoms. The molecule has 0 aromatic heterocycles. The number of aryl methyl sites for hydroxylation is 1. The molecule has 0 amide bonds. The molecular weight excluding hydrogens is 266 g/mol. The highest BCUT2D eigenvalue weighted by Crippen LogP contribution is 2.36. The first kappa shape index (κ1) is 15.8. The maximum absolute atomic E-state index is 12.1. The van der Waals surface area contributed by atoms with Crippen LogP contribution in [0.2, 0.25) is 0 Å². The van der Waals surface area contributed by atoms with Gasteiger partial charge in [0.2, 0.25) is 0 Å². The second-order valence-electron chi connectivity index (χ2n) is 5.94. The third kappa shape index (κ3) is 3.76. The lowest BCUT2D eigenvalue weighted by molar-refractivity contribution is -0.150. The monoisotopic (exact) mass is 291 g/mol. The lowest BCUT2D eigenvalue weighted by Gasteiger charge is -2.29. The summed E-state index contributed by atoms with van der Waals surface area (Å²) < 4.78 is 10.4. The highest BCUT2D eigenvalue weighted by molar-refractivity contribution is 5.74. The van der Waals surface area contributed by atoms with Crippen LogP contribution < -0.4 is 10.1 Å². The fraction of sp³-hybridized carbons (Fsp3) is 0.588. The smallest absolute Gasteiger partial charge is 0.310 e. The zero-order valence-corrected chi connectivity index (χ0v) is 13.1. The molecule has 0 bridgehead atoms. The van der Waals surface area contributed by atoms with E-state index >= 15 is 0 Å². The number of hydrogen-bond donors (Lipinski definition) is 1. The molecule has 1 aliphatic heterocycles. The second-order valence-corrected chi connectivity index (χ2v) is 5.94. The number of benzene rings is 1. The molecule has 1 aromatic carbocycles. The molecule has 1 aliphatic rings. The lowest BCUT2D eigenvalue weighted by atomic mass is 9.75. The van der Waals surface area contributed by atoms with E-state index in [0.29, 0.717) is 6.61 Å². The number of esters is 1. The Kier molecular flexibility index (Phi) is 5.23. The number of methoxy groups -OCH3 is 1. The van der Waals surface area contributed by atoms with Gasteiger partial charge in [-0.3, -0.25) is 4.79 Å². The maximum atomic E-state index is 12.1. The standard InChI is InChI=1S/C17H25NO3/c1-4-21-16(19)15-11-18-12-17(15,2)10-9-13-5-7-14(20-3)8-6-13/h5-8,15,18H,4,9-12H2,1-3H3. The molecule has 2 atom stereocenters. The van der Waals surface area contributed by atoms with Crippen molar-refractivity contribution in [2.75, 3.05) is 26.8 Å². The Balaban J connectivity index is 1.97. The quantitative estimate of drug-likeness (QED) is 0.818. The van der Waals surface area contributed by atoms with Gasteiger partial charge in [0.05, 0.1) is 19.6 Å². The summed E-state index contributed by atoms with van der Waals surface area (Å²) in [7, 11) is 1.67. The summed E-state index contributed by atoms with van der Waals surface area (Å²) in [4.78, 5) is 12.1. The van der Waals surface area contributed by atoms with Crippen LogP contribution in [-0.4, -0.2) is 32.8 Å². The molecule has 1 fully saturated rings. The minimum absolute atomic E-state index is 0.0355. The largest absolute Gasteiger partial charge is 0.497 e. The van der Waals surface area contributed by atoms with Crippen LogP contribution in [0.1, 0.15) is 25.8 Å². The van der Waals surface area contributed by atoms with Gasteiger partial charge in [0.25, 0.3) is 0 Å². The van der Waals surface area contributed by atoms with Crippen molar-refractivity contribution < 1.29 is 14.3 Å². The number of carbonyl (C=O) groups is 1. The number of nitrogens with one attached hydrogen (secondary N) is 1. The van der Waals surface area contributed by atoms with Gasteiger partial charge in [-0.2, -0.15) is 0 Å². The molecule has 1 saturated heterocycles. The summed E-state index contributed by atoms with van der Waals surface area (Å²) in [5.41, 5.74) is 1.23. The number of hydrogen-bond acceptors (Lipinski definition) is 4. The van der Waals surface area contributed by atoms with Crippen LogP contribution in [-0.2, 0) is 16.0 Å². The fourth-order valence-electron chi connectivity index (χ4n) is 2.97. The Labute approximate surface area is 126 Å². The Hall–Kier alpha value is -1.55. The highest BCUT2D eigenvalue weighted by atomic mass is 16.5. The Bertz CT molecular complexity index is 471.